The number of hydrogen-bond donors (Lipinski definition) is 3. The summed E-state index contributed by atoms with van der Waals surface area (Å²) >= 11 is 0. The van der Waals surface area contributed by atoms with Crippen LogP contribution in [0.1, 0.15) is 24.4 Å². The van der Waals surface area contributed by atoms with Crippen LogP contribution in [0, 0.1) is 11.8 Å². The van der Waals surface area contributed by atoms with E-state index >= 15 is 0 Å². The number of H-pyrrole nitrogens is 1. The van der Waals surface area contributed by atoms with E-state index in [0.717, 1.165) is 5.56 Å². The lowest BCUT2D eigenvalue weighted by molar-refractivity contribution is -0.154. The van der Waals surface area contributed by atoms with Crippen molar-refractivity contribution >= 4 is 17.8 Å². The number of likely N-dealkylation sites (tertiary alicyclic amines) is 1. The Morgan fingerprint density at radius 1 is 1.28 bits per heavy atom. The fourth-order valence-corrected chi connectivity index (χ4v) is 4.60. The molecule has 2 aromatic rings. The molecule has 1 aromatic carbocycles. The first-order valence-corrected chi connectivity index (χ1v) is 9.41. The Balaban J connectivity index is 1.84. The number of hydrogen-bond acceptors (Lipinski definition) is 7. The molecule has 152 valence electrons. The van der Waals surface area contributed by atoms with Gasteiger partial charge in [-0.2, -0.15) is 0 Å². The van der Waals surface area contributed by atoms with Crippen LogP contribution >= 0.6 is 0 Å². The van der Waals surface area contributed by atoms with Crippen LogP contribution in [-0.4, -0.2) is 57.0 Å². The van der Waals surface area contributed by atoms with Crippen LogP contribution < -0.4 is 5.32 Å². The molecule has 9 nitrogen and oxygen atoms in total. The molecule has 2 fully saturated rings. The number of fused-ring (bicyclic) bond motifs is 1. The number of aromatic nitrogens is 2. The highest BCUT2D eigenvalue weighted by molar-refractivity contribution is 6.09. The van der Waals surface area contributed by atoms with Crippen LogP contribution in [-0.2, 0) is 25.5 Å². The summed E-state index contributed by atoms with van der Waals surface area (Å²) in [6.07, 6.45) is 3.31. The van der Waals surface area contributed by atoms with E-state index in [2.05, 4.69) is 15.3 Å². The van der Waals surface area contributed by atoms with E-state index in [-0.39, 0.29) is 24.6 Å². The lowest BCUT2D eigenvalue weighted by atomic mass is 9.76. The zero-order chi connectivity index (χ0) is 20.8. The number of nitrogens with one attached hydrogen (secondary N) is 2. The topological polar surface area (TPSA) is 125 Å². The second-order valence-electron chi connectivity index (χ2n) is 7.33. The number of carbonyl (C=O) groups excluding carboxylic acids is 3. The molecule has 29 heavy (non-hydrogen) atoms. The maximum Gasteiger partial charge on any atom is 0.327 e. The largest absolute Gasteiger partial charge is 0.508 e. The number of imidazole rings is 1. The Hall–Kier alpha value is -3.20. The third-order valence-electron chi connectivity index (χ3n) is 5.84. The average molecular weight is 398 g/mol. The minimum atomic E-state index is -1.44. The Bertz CT molecular complexity index is 942. The highest BCUT2D eigenvalue weighted by Gasteiger charge is 2.68. The molecule has 0 aliphatic carbocycles. The van der Waals surface area contributed by atoms with Crippen LogP contribution in [0.15, 0.2) is 36.7 Å². The summed E-state index contributed by atoms with van der Waals surface area (Å²) in [5.41, 5.74) is -0.723. The maximum atomic E-state index is 13.2. The van der Waals surface area contributed by atoms with Gasteiger partial charge >= 0.3 is 5.97 Å². The van der Waals surface area contributed by atoms with E-state index in [0.29, 0.717) is 5.82 Å². The maximum absolute atomic E-state index is 13.2. The molecule has 2 amide bonds. The molecule has 0 radical (unpaired) electrons. The predicted octanol–water partition coefficient (Wildman–Crippen LogP) is 0.535. The van der Waals surface area contributed by atoms with Gasteiger partial charge in [0.05, 0.1) is 25.0 Å². The zero-order valence-corrected chi connectivity index (χ0v) is 16.1. The van der Waals surface area contributed by atoms with Crippen molar-refractivity contribution in [2.24, 2.45) is 11.8 Å². The number of imide groups is 1. The van der Waals surface area contributed by atoms with Gasteiger partial charge in [0.15, 0.2) is 0 Å². The van der Waals surface area contributed by atoms with Gasteiger partial charge in [-0.3, -0.25) is 24.6 Å². The lowest BCUT2D eigenvalue weighted by Crippen LogP contribution is -2.57. The lowest BCUT2D eigenvalue weighted by Gasteiger charge is -2.32. The molecule has 3 N–H and O–H groups in total. The SMILES string of the molecule is CCN1C(=O)[C@H]2[C@@H](c3ncc[nH]3)N[C@@](Cc3ccc(O)cc3)(C(=O)OC)[C@H]2C1=O. The molecule has 9 heteroatoms. The number of esters is 1. The number of aromatic amines is 1. The van der Waals surface area contributed by atoms with Crippen molar-refractivity contribution in [3.8, 4) is 5.75 Å². The van der Waals surface area contributed by atoms with E-state index in [9.17, 15) is 19.5 Å². The number of phenols is 1. The molecule has 0 spiro atoms. The molecular formula is C20H22N4O5. The van der Waals surface area contributed by atoms with Crippen LogP contribution in [0.25, 0.3) is 0 Å². The van der Waals surface area contributed by atoms with Gasteiger partial charge < -0.3 is 14.8 Å². The molecule has 2 aliphatic rings. The summed E-state index contributed by atoms with van der Waals surface area (Å²) in [7, 11) is 1.26. The smallest absolute Gasteiger partial charge is 0.327 e. The second-order valence-corrected chi connectivity index (χ2v) is 7.33. The van der Waals surface area contributed by atoms with Gasteiger partial charge in [0, 0.05) is 25.4 Å². The molecule has 0 saturated carbocycles. The Kier molecular flexibility index (Phi) is 4.62. The predicted molar refractivity (Wildman–Crippen MR) is 100 cm³/mol. The summed E-state index contributed by atoms with van der Waals surface area (Å²) in [5, 5.41) is 12.8. The first kappa shape index (κ1) is 19.1. The van der Waals surface area contributed by atoms with Gasteiger partial charge in [-0.05, 0) is 24.6 Å². The fourth-order valence-electron chi connectivity index (χ4n) is 4.60. The van der Waals surface area contributed by atoms with Gasteiger partial charge in [0.1, 0.15) is 17.1 Å². The van der Waals surface area contributed by atoms with Crippen molar-refractivity contribution in [2.45, 2.75) is 24.9 Å². The first-order valence-electron chi connectivity index (χ1n) is 9.41. The summed E-state index contributed by atoms with van der Waals surface area (Å²) in [4.78, 5) is 47.8. The van der Waals surface area contributed by atoms with Crippen LogP contribution in [0.5, 0.6) is 5.75 Å². The van der Waals surface area contributed by atoms with E-state index < -0.39 is 35.3 Å². The molecule has 2 saturated heterocycles. The zero-order valence-electron chi connectivity index (χ0n) is 16.1. The molecule has 4 atom stereocenters. The number of ether oxygens (including phenoxy) is 1. The Morgan fingerprint density at radius 3 is 2.59 bits per heavy atom. The minimum Gasteiger partial charge on any atom is -0.508 e. The van der Waals surface area contributed by atoms with Gasteiger partial charge in [-0.1, -0.05) is 12.1 Å². The molecule has 0 unspecified atom stereocenters. The summed E-state index contributed by atoms with van der Waals surface area (Å²) in [5.74, 6) is -2.46. The van der Waals surface area contributed by atoms with E-state index in [1.165, 1.54) is 24.1 Å². The quantitative estimate of drug-likeness (QED) is 0.496. The van der Waals surface area contributed by atoms with Crippen molar-refractivity contribution in [1.29, 1.82) is 0 Å². The van der Waals surface area contributed by atoms with Gasteiger partial charge in [0.25, 0.3) is 0 Å². The molecule has 3 heterocycles. The number of benzene rings is 1. The number of aromatic hydroxyl groups is 1. The van der Waals surface area contributed by atoms with E-state index in [1.807, 2.05) is 0 Å². The fraction of sp³-hybridized carbons (Fsp3) is 0.400. The van der Waals surface area contributed by atoms with E-state index in [4.69, 9.17) is 4.74 Å². The summed E-state index contributed by atoms with van der Waals surface area (Å²) in [6, 6.07) is 5.73. The number of phenolic OH excluding ortho intramolecular Hbond substituents is 1. The number of amides is 2. The first-order chi connectivity index (χ1) is 13.9. The molecule has 1 aromatic heterocycles. The second kappa shape index (κ2) is 7.00. The van der Waals surface area contributed by atoms with Crippen molar-refractivity contribution in [3.05, 3.63) is 48.0 Å². The van der Waals surface area contributed by atoms with E-state index in [1.54, 1.807) is 31.5 Å². The van der Waals surface area contributed by atoms with Crippen molar-refractivity contribution in [2.75, 3.05) is 13.7 Å². The highest BCUT2D eigenvalue weighted by Crippen LogP contribution is 2.49. The number of carbonyl (C=O) groups is 3. The Labute approximate surface area is 167 Å². The van der Waals surface area contributed by atoms with Crippen LogP contribution in [0.2, 0.25) is 0 Å². The Morgan fingerprint density at radius 2 is 2.00 bits per heavy atom. The van der Waals surface area contributed by atoms with Gasteiger partial charge in [0.2, 0.25) is 11.8 Å². The van der Waals surface area contributed by atoms with Gasteiger partial charge in [-0.25, -0.2) is 4.98 Å². The van der Waals surface area contributed by atoms with Gasteiger partial charge in [-0.15, -0.1) is 0 Å². The number of methoxy groups -OCH3 is 1. The van der Waals surface area contributed by atoms with Crippen molar-refractivity contribution in [1.82, 2.24) is 20.2 Å². The monoisotopic (exact) mass is 398 g/mol. The van der Waals surface area contributed by atoms with Crippen LogP contribution in [0.4, 0.5) is 0 Å². The third-order valence-corrected chi connectivity index (χ3v) is 5.84. The molecule has 4 rings (SSSR count). The van der Waals surface area contributed by atoms with Crippen molar-refractivity contribution < 1.29 is 24.2 Å². The number of rotatable bonds is 5. The highest BCUT2D eigenvalue weighted by atomic mass is 16.5. The molecule has 0 bridgehead atoms. The molecular weight excluding hydrogens is 376 g/mol. The van der Waals surface area contributed by atoms with Crippen molar-refractivity contribution in [3.63, 3.8) is 0 Å². The third kappa shape index (κ3) is 2.80. The summed E-state index contributed by atoms with van der Waals surface area (Å²) < 4.78 is 5.10. The van der Waals surface area contributed by atoms with Crippen LogP contribution in [0.3, 0.4) is 0 Å². The normalized spacial score (nSPS) is 28.6. The summed E-state index contributed by atoms with van der Waals surface area (Å²) in [6.45, 7) is 1.96. The number of nitrogens with zero attached hydrogens (tertiary/aromatic N) is 2. The molecule has 2 aliphatic heterocycles. The average Bonchev–Trinajstić information content (AvgIpc) is 3.41. The minimum absolute atomic E-state index is 0.0934. The standard InChI is InChI=1S/C20H22N4O5/c1-3-24-17(26)13-14(18(24)27)20(19(28)29-2,10-11-4-6-12(25)7-5-11)23-15(13)16-21-8-9-22-16/h4-9,13-15,23,25H,3,10H2,1-2H3,(H,21,22)/t13-,14-,15+,20-/m1/s1.